The summed E-state index contributed by atoms with van der Waals surface area (Å²) in [6.45, 7) is 1.74. The molecule has 1 heterocycles. The van der Waals surface area contributed by atoms with E-state index >= 15 is 0 Å². The summed E-state index contributed by atoms with van der Waals surface area (Å²) in [6, 6.07) is 1.67. The SMILES string of the molecule is C/C(Cn1cnc([N+](=O)[O-])n1)=N/NC(=O)CC#N. The Bertz CT molecular complexity index is 527. The molecule has 0 saturated carbocycles. The normalized spacial score (nSPS) is 10.8. The first kappa shape index (κ1) is 13.2. The van der Waals surface area contributed by atoms with Gasteiger partial charge in [0.1, 0.15) is 6.42 Å². The van der Waals surface area contributed by atoms with Crippen LogP contribution in [0.5, 0.6) is 0 Å². The van der Waals surface area contributed by atoms with Crippen LogP contribution in [0.2, 0.25) is 0 Å². The Kier molecular flexibility index (Phi) is 4.44. The molecule has 1 aromatic heterocycles. The van der Waals surface area contributed by atoms with Crippen molar-refractivity contribution in [3.63, 3.8) is 0 Å². The van der Waals surface area contributed by atoms with Gasteiger partial charge in [0.15, 0.2) is 0 Å². The van der Waals surface area contributed by atoms with Crippen LogP contribution in [0.4, 0.5) is 5.95 Å². The van der Waals surface area contributed by atoms with Gasteiger partial charge in [-0.15, -0.1) is 0 Å². The van der Waals surface area contributed by atoms with Gasteiger partial charge in [0.05, 0.1) is 18.3 Å². The van der Waals surface area contributed by atoms with E-state index in [1.807, 2.05) is 0 Å². The van der Waals surface area contributed by atoms with Crippen molar-refractivity contribution in [2.45, 2.75) is 19.9 Å². The van der Waals surface area contributed by atoms with E-state index in [-0.39, 0.29) is 13.0 Å². The van der Waals surface area contributed by atoms with Crippen molar-refractivity contribution in [3.8, 4) is 6.07 Å². The lowest BCUT2D eigenvalue weighted by molar-refractivity contribution is -0.394. The van der Waals surface area contributed by atoms with Crippen LogP contribution in [-0.4, -0.2) is 31.3 Å². The highest BCUT2D eigenvalue weighted by atomic mass is 16.6. The first-order chi connectivity index (χ1) is 8.52. The molecular weight excluding hydrogens is 242 g/mol. The summed E-state index contributed by atoms with van der Waals surface area (Å²) < 4.78 is 1.22. The number of amides is 1. The van der Waals surface area contributed by atoms with Crippen molar-refractivity contribution in [2.24, 2.45) is 5.10 Å². The fourth-order valence-electron chi connectivity index (χ4n) is 0.984. The van der Waals surface area contributed by atoms with Gasteiger partial charge in [-0.05, 0) is 11.8 Å². The minimum atomic E-state index is -0.711. The predicted octanol–water partition coefficient (Wildman–Crippen LogP) is -0.408. The number of nitro groups is 1. The van der Waals surface area contributed by atoms with E-state index in [0.29, 0.717) is 5.71 Å². The van der Waals surface area contributed by atoms with Gasteiger partial charge in [-0.3, -0.25) is 4.79 Å². The van der Waals surface area contributed by atoms with E-state index in [0.717, 1.165) is 0 Å². The minimum absolute atomic E-state index is 0.147. The number of carbonyl (C=O) groups is 1. The zero-order valence-electron chi connectivity index (χ0n) is 9.40. The molecule has 0 bridgehead atoms. The van der Waals surface area contributed by atoms with E-state index in [4.69, 9.17) is 5.26 Å². The Hall–Kier alpha value is -2.83. The molecule has 0 spiro atoms. The van der Waals surface area contributed by atoms with Crippen LogP contribution in [-0.2, 0) is 11.3 Å². The Morgan fingerprint density at radius 3 is 3.06 bits per heavy atom. The summed E-state index contributed by atoms with van der Waals surface area (Å²) in [6.07, 6.45) is 0.903. The molecule has 0 fully saturated rings. The molecule has 0 saturated heterocycles. The molecule has 1 aromatic rings. The molecule has 94 valence electrons. The Morgan fingerprint density at radius 2 is 2.50 bits per heavy atom. The second-order valence-corrected chi connectivity index (χ2v) is 3.22. The molecule has 0 unspecified atom stereocenters. The van der Waals surface area contributed by atoms with Crippen molar-refractivity contribution in [2.75, 3.05) is 0 Å². The summed E-state index contributed by atoms with van der Waals surface area (Å²) in [5, 5.41) is 25.9. The Morgan fingerprint density at radius 1 is 1.78 bits per heavy atom. The van der Waals surface area contributed by atoms with Gasteiger partial charge < -0.3 is 10.1 Å². The average Bonchev–Trinajstić information content (AvgIpc) is 2.75. The lowest BCUT2D eigenvalue weighted by atomic mass is 10.4. The third kappa shape index (κ3) is 3.97. The summed E-state index contributed by atoms with van der Waals surface area (Å²) in [4.78, 5) is 24.0. The lowest BCUT2D eigenvalue weighted by Gasteiger charge is -1.98. The predicted molar refractivity (Wildman–Crippen MR) is 58.2 cm³/mol. The lowest BCUT2D eigenvalue weighted by Crippen LogP contribution is -2.19. The number of hydrogen-bond donors (Lipinski definition) is 1. The molecule has 0 aliphatic rings. The second-order valence-electron chi connectivity index (χ2n) is 3.22. The fraction of sp³-hybridized carbons (Fsp3) is 0.375. The Balaban J connectivity index is 2.55. The standard InChI is InChI=1S/C8H9N7O3/c1-6(11-12-7(16)2-3-9)4-14-5-10-8(13-14)15(17)18/h5H,2,4H2,1H3,(H,12,16)/b11-6-. The molecule has 0 atom stereocenters. The molecule has 1 N–H and O–H groups in total. The van der Waals surface area contributed by atoms with Gasteiger partial charge >= 0.3 is 5.95 Å². The van der Waals surface area contributed by atoms with Crippen LogP contribution in [0.15, 0.2) is 11.4 Å². The molecule has 0 radical (unpaired) electrons. The van der Waals surface area contributed by atoms with E-state index < -0.39 is 16.8 Å². The number of hydrogen-bond acceptors (Lipinski definition) is 7. The number of hydrazone groups is 1. The van der Waals surface area contributed by atoms with E-state index in [9.17, 15) is 14.9 Å². The maximum atomic E-state index is 10.9. The maximum absolute atomic E-state index is 10.9. The van der Waals surface area contributed by atoms with Crippen molar-refractivity contribution < 1.29 is 9.72 Å². The molecule has 0 aliphatic heterocycles. The molecule has 10 heteroatoms. The number of rotatable bonds is 5. The molecule has 1 rings (SSSR count). The van der Waals surface area contributed by atoms with Crippen molar-refractivity contribution in [1.82, 2.24) is 20.2 Å². The third-order valence-corrected chi connectivity index (χ3v) is 1.69. The number of nitrogens with zero attached hydrogens (tertiary/aromatic N) is 6. The highest BCUT2D eigenvalue weighted by molar-refractivity contribution is 5.84. The van der Waals surface area contributed by atoms with Crippen LogP contribution in [0.3, 0.4) is 0 Å². The first-order valence-corrected chi connectivity index (χ1v) is 4.75. The van der Waals surface area contributed by atoms with E-state index in [2.05, 4.69) is 20.6 Å². The van der Waals surface area contributed by atoms with Crippen molar-refractivity contribution in [1.29, 1.82) is 5.26 Å². The summed E-state index contributed by atoms with van der Waals surface area (Å²) in [7, 11) is 0. The first-order valence-electron chi connectivity index (χ1n) is 4.75. The molecule has 0 aromatic carbocycles. The Labute approximate surface area is 101 Å². The van der Waals surface area contributed by atoms with E-state index in [1.165, 1.54) is 11.0 Å². The number of nitriles is 1. The van der Waals surface area contributed by atoms with Crippen LogP contribution in [0, 0.1) is 21.4 Å². The van der Waals surface area contributed by atoms with Crippen molar-refractivity contribution >= 4 is 17.6 Å². The highest BCUT2D eigenvalue weighted by Gasteiger charge is 2.13. The third-order valence-electron chi connectivity index (χ3n) is 1.69. The van der Waals surface area contributed by atoms with Crippen LogP contribution < -0.4 is 5.43 Å². The smallest absolute Gasteiger partial charge is 0.390 e. The van der Waals surface area contributed by atoms with Gasteiger partial charge in [-0.25, -0.2) is 5.43 Å². The highest BCUT2D eigenvalue weighted by Crippen LogP contribution is 1.99. The number of carbonyl (C=O) groups excluding carboxylic acids is 1. The molecule has 10 nitrogen and oxygen atoms in total. The van der Waals surface area contributed by atoms with Gasteiger partial charge in [0.25, 0.3) is 5.91 Å². The van der Waals surface area contributed by atoms with Gasteiger partial charge in [0, 0.05) is 5.10 Å². The molecule has 0 aliphatic carbocycles. The van der Waals surface area contributed by atoms with Crippen LogP contribution in [0.1, 0.15) is 13.3 Å². The summed E-state index contributed by atoms with van der Waals surface area (Å²) in [5.41, 5.74) is 2.62. The monoisotopic (exact) mass is 251 g/mol. The van der Waals surface area contributed by atoms with E-state index in [1.54, 1.807) is 13.0 Å². The maximum Gasteiger partial charge on any atom is 0.490 e. The van der Waals surface area contributed by atoms with Gasteiger partial charge in [0.2, 0.25) is 6.33 Å². The van der Waals surface area contributed by atoms with Gasteiger partial charge in [-0.2, -0.15) is 15.0 Å². The largest absolute Gasteiger partial charge is 0.490 e. The van der Waals surface area contributed by atoms with Crippen molar-refractivity contribution in [3.05, 3.63) is 16.4 Å². The zero-order chi connectivity index (χ0) is 13.5. The summed E-state index contributed by atoms with van der Waals surface area (Å²) in [5.74, 6) is -1.03. The molecular formula is C8H9N7O3. The topological polar surface area (TPSA) is 139 Å². The van der Waals surface area contributed by atoms with Gasteiger partial charge in [-0.1, -0.05) is 4.98 Å². The van der Waals surface area contributed by atoms with Crippen LogP contribution in [0.25, 0.3) is 0 Å². The minimum Gasteiger partial charge on any atom is -0.390 e. The zero-order valence-corrected chi connectivity index (χ0v) is 9.40. The fourth-order valence-corrected chi connectivity index (χ4v) is 0.984. The summed E-state index contributed by atoms with van der Waals surface area (Å²) >= 11 is 0. The van der Waals surface area contributed by atoms with Crippen LogP contribution >= 0.6 is 0 Å². The molecule has 18 heavy (non-hydrogen) atoms. The number of aromatic nitrogens is 3. The quantitative estimate of drug-likeness (QED) is 0.428. The average molecular weight is 251 g/mol. The second kappa shape index (κ2) is 6.04. The number of nitrogens with one attached hydrogen (secondary N) is 1. The molecule has 1 amide bonds.